The number of thiophene rings is 1. The predicted octanol–water partition coefficient (Wildman–Crippen LogP) is 3.17. The van der Waals surface area contributed by atoms with Gasteiger partial charge < -0.3 is 10.2 Å². The molecular weight excluding hydrogens is 320 g/mol. The second-order valence-corrected chi connectivity index (χ2v) is 6.88. The van der Waals surface area contributed by atoms with Crippen LogP contribution in [0.2, 0.25) is 0 Å². The SMILES string of the molecule is Cc1cc(N2CCCCC2)nc(CNC(=O)/C=C/c2cccs2)n1. The predicted molar refractivity (Wildman–Crippen MR) is 98.0 cm³/mol. The van der Waals surface area contributed by atoms with Crippen LogP contribution in [0.25, 0.3) is 6.08 Å². The fourth-order valence-electron chi connectivity index (χ4n) is 2.75. The van der Waals surface area contributed by atoms with Crippen molar-refractivity contribution in [2.75, 3.05) is 18.0 Å². The van der Waals surface area contributed by atoms with E-state index in [0.717, 1.165) is 29.5 Å². The smallest absolute Gasteiger partial charge is 0.244 e. The lowest BCUT2D eigenvalue weighted by atomic mass is 10.1. The molecule has 1 saturated heterocycles. The molecule has 3 heterocycles. The summed E-state index contributed by atoms with van der Waals surface area (Å²) in [5.41, 5.74) is 0.934. The highest BCUT2D eigenvalue weighted by Gasteiger charge is 2.13. The molecule has 1 aliphatic rings. The van der Waals surface area contributed by atoms with Gasteiger partial charge in [-0.25, -0.2) is 9.97 Å². The third-order valence-corrected chi connectivity index (χ3v) is 4.77. The minimum absolute atomic E-state index is 0.131. The second-order valence-electron chi connectivity index (χ2n) is 5.90. The normalized spacial score (nSPS) is 15.0. The summed E-state index contributed by atoms with van der Waals surface area (Å²) in [6, 6.07) is 5.96. The molecule has 0 aromatic carbocycles. The highest BCUT2D eigenvalue weighted by Crippen LogP contribution is 2.18. The van der Waals surface area contributed by atoms with Crippen molar-refractivity contribution in [3.05, 3.63) is 46.1 Å². The molecule has 0 radical (unpaired) electrons. The summed E-state index contributed by atoms with van der Waals surface area (Å²) < 4.78 is 0. The van der Waals surface area contributed by atoms with Crippen molar-refractivity contribution in [2.24, 2.45) is 0 Å². The lowest BCUT2D eigenvalue weighted by Crippen LogP contribution is -2.31. The first-order chi connectivity index (χ1) is 11.7. The molecule has 1 N–H and O–H groups in total. The fourth-order valence-corrected chi connectivity index (χ4v) is 3.36. The number of aryl methyl sites for hydroxylation is 1. The minimum atomic E-state index is -0.131. The molecule has 2 aromatic rings. The Morgan fingerprint density at radius 3 is 2.92 bits per heavy atom. The van der Waals surface area contributed by atoms with Crippen LogP contribution in [0, 0.1) is 6.92 Å². The number of hydrogen-bond acceptors (Lipinski definition) is 5. The Kier molecular flexibility index (Phi) is 5.59. The average molecular weight is 342 g/mol. The molecule has 126 valence electrons. The zero-order valence-electron chi connectivity index (χ0n) is 13.9. The van der Waals surface area contributed by atoms with Crippen LogP contribution < -0.4 is 10.2 Å². The Bertz CT molecular complexity index is 706. The molecule has 6 heteroatoms. The maximum absolute atomic E-state index is 11.9. The van der Waals surface area contributed by atoms with Crippen LogP contribution in [0.5, 0.6) is 0 Å². The van der Waals surface area contributed by atoms with Crippen LogP contribution in [-0.4, -0.2) is 29.0 Å². The molecule has 1 fully saturated rings. The fraction of sp³-hybridized carbons (Fsp3) is 0.389. The van der Waals surface area contributed by atoms with Gasteiger partial charge in [-0.05, 0) is 43.7 Å². The van der Waals surface area contributed by atoms with Gasteiger partial charge in [-0.3, -0.25) is 4.79 Å². The van der Waals surface area contributed by atoms with Crippen molar-refractivity contribution < 1.29 is 4.79 Å². The summed E-state index contributed by atoms with van der Waals surface area (Å²) in [6.07, 6.45) is 7.08. The molecule has 0 aliphatic carbocycles. The number of carbonyl (C=O) groups is 1. The number of anilines is 1. The summed E-state index contributed by atoms with van der Waals surface area (Å²) in [5.74, 6) is 1.50. The summed E-state index contributed by atoms with van der Waals surface area (Å²) in [5, 5.41) is 4.84. The summed E-state index contributed by atoms with van der Waals surface area (Å²) in [6.45, 7) is 4.41. The Hall–Kier alpha value is -2.21. The first-order valence-electron chi connectivity index (χ1n) is 8.29. The topological polar surface area (TPSA) is 58.1 Å². The van der Waals surface area contributed by atoms with Crippen molar-refractivity contribution in [3.63, 3.8) is 0 Å². The first-order valence-corrected chi connectivity index (χ1v) is 9.17. The molecule has 1 aliphatic heterocycles. The van der Waals surface area contributed by atoms with Gasteiger partial charge in [0.05, 0.1) is 6.54 Å². The largest absolute Gasteiger partial charge is 0.357 e. The lowest BCUT2D eigenvalue weighted by Gasteiger charge is -2.28. The van der Waals surface area contributed by atoms with Crippen LogP contribution in [-0.2, 0) is 11.3 Å². The van der Waals surface area contributed by atoms with Crippen molar-refractivity contribution >= 4 is 29.1 Å². The van der Waals surface area contributed by atoms with Gasteiger partial charge in [-0.2, -0.15) is 0 Å². The first kappa shape index (κ1) is 16.6. The highest BCUT2D eigenvalue weighted by molar-refractivity contribution is 7.10. The van der Waals surface area contributed by atoms with E-state index in [2.05, 4.69) is 20.2 Å². The Morgan fingerprint density at radius 1 is 1.33 bits per heavy atom. The van der Waals surface area contributed by atoms with E-state index in [1.807, 2.05) is 36.6 Å². The maximum Gasteiger partial charge on any atom is 0.244 e. The lowest BCUT2D eigenvalue weighted by molar-refractivity contribution is -0.116. The van der Waals surface area contributed by atoms with Crippen LogP contribution in [0.3, 0.4) is 0 Å². The Morgan fingerprint density at radius 2 is 2.17 bits per heavy atom. The van der Waals surface area contributed by atoms with Gasteiger partial charge in [-0.15, -0.1) is 11.3 Å². The molecule has 0 unspecified atom stereocenters. The average Bonchev–Trinajstić information content (AvgIpc) is 3.12. The summed E-state index contributed by atoms with van der Waals surface area (Å²) in [7, 11) is 0. The van der Waals surface area contributed by atoms with E-state index in [1.165, 1.54) is 19.3 Å². The number of piperidine rings is 1. The van der Waals surface area contributed by atoms with Crippen LogP contribution in [0.1, 0.15) is 35.7 Å². The number of nitrogens with one attached hydrogen (secondary N) is 1. The van der Waals surface area contributed by atoms with Gasteiger partial charge in [-0.1, -0.05) is 6.07 Å². The van der Waals surface area contributed by atoms with E-state index in [9.17, 15) is 4.79 Å². The van der Waals surface area contributed by atoms with Gasteiger partial charge in [0.2, 0.25) is 5.91 Å². The molecule has 0 saturated carbocycles. The molecule has 0 atom stereocenters. The number of nitrogens with zero attached hydrogens (tertiary/aromatic N) is 3. The molecule has 0 spiro atoms. The molecule has 3 rings (SSSR count). The monoisotopic (exact) mass is 342 g/mol. The third kappa shape index (κ3) is 4.64. The van der Waals surface area contributed by atoms with Crippen LogP contribution >= 0.6 is 11.3 Å². The molecule has 2 aromatic heterocycles. The van der Waals surface area contributed by atoms with Crippen LogP contribution in [0.4, 0.5) is 5.82 Å². The number of amides is 1. The quantitative estimate of drug-likeness (QED) is 0.848. The molecular formula is C18H22N4OS. The molecule has 0 bridgehead atoms. The van der Waals surface area contributed by atoms with Gasteiger partial charge in [0.25, 0.3) is 0 Å². The van der Waals surface area contributed by atoms with Crippen LogP contribution in [0.15, 0.2) is 29.7 Å². The van der Waals surface area contributed by atoms with Crippen molar-refractivity contribution in [2.45, 2.75) is 32.7 Å². The molecule has 1 amide bonds. The second kappa shape index (κ2) is 8.06. The van der Waals surface area contributed by atoms with Gasteiger partial charge >= 0.3 is 0 Å². The minimum Gasteiger partial charge on any atom is -0.357 e. The van der Waals surface area contributed by atoms with Crippen molar-refractivity contribution in [1.29, 1.82) is 0 Å². The number of hydrogen-bond donors (Lipinski definition) is 1. The standard InChI is InChI=1S/C18H22N4OS/c1-14-12-17(22-9-3-2-4-10-22)21-16(20-14)13-19-18(23)8-7-15-6-5-11-24-15/h5-8,11-12H,2-4,9-10,13H2,1H3,(H,19,23)/b8-7+. The van der Waals surface area contributed by atoms with Crippen molar-refractivity contribution in [1.82, 2.24) is 15.3 Å². The third-order valence-electron chi connectivity index (χ3n) is 3.93. The number of carbonyl (C=O) groups excluding carboxylic acids is 1. The summed E-state index contributed by atoms with van der Waals surface area (Å²) in [4.78, 5) is 24.3. The zero-order chi connectivity index (χ0) is 16.8. The van der Waals surface area contributed by atoms with E-state index in [-0.39, 0.29) is 5.91 Å². The molecule has 24 heavy (non-hydrogen) atoms. The summed E-state index contributed by atoms with van der Waals surface area (Å²) >= 11 is 1.60. The van der Waals surface area contributed by atoms with Gasteiger partial charge in [0.15, 0.2) is 0 Å². The number of rotatable bonds is 5. The highest BCUT2D eigenvalue weighted by atomic mass is 32.1. The van der Waals surface area contributed by atoms with E-state index < -0.39 is 0 Å². The van der Waals surface area contributed by atoms with Crippen molar-refractivity contribution in [3.8, 4) is 0 Å². The van der Waals surface area contributed by atoms with E-state index in [4.69, 9.17) is 0 Å². The maximum atomic E-state index is 11.9. The van der Waals surface area contributed by atoms with E-state index in [0.29, 0.717) is 12.4 Å². The zero-order valence-corrected chi connectivity index (χ0v) is 14.7. The Balaban J connectivity index is 1.60. The molecule has 5 nitrogen and oxygen atoms in total. The van der Waals surface area contributed by atoms with Gasteiger partial charge in [0.1, 0.15) is 11.6 Å². The van der Waals surface area contributed by atoms with E-state index in [1.54, 1.807) is 17.4 Å². The Labute approximate surface area is 146 Å². The van der Waals surface area contributed by atoms with E-state index >= 15 is 0 Å². The van der Waals surface area contributed by atoms with Gasteiger partial charge in [0, 0.05) is 35.8 Å². The number of aromatic nitrogens is 2.